The average Bonchev–Trinajstić information content (AvgIpc) is 3.42. The van der Waals surface area contributed by atoms with Crippen LogP contribution in [0.4, 0.5) is 0 Å². The summed E-state index contributed by atoms with van der Waals surface area (Å²) in [6.07, 6.45) is 84.6. The number of hydrogen-bond donors (Lipinski definition) is 3. The predicted molar refractivity (Wildman–Crippen MR) is 333 cm³/mol. The van der Waals surface area contributed by atoms with Gasteiger partial charge in [0.15, 0.2) is 0 Å². The van der Waals surface area contributed by atoms with Gasteiger partial charge < -0.3 is 20.3 Å². The first-order valence-corrected chi connectivity index (χ1v) is 33.9. The first-order chi connectivity index (χ1) is 37.5. The van der Waals surface area contributed by atoms with Crippen LogP contribution in [0.2, 0.25) is 0 Å². The van der Waals surface area contributed by atoms with Crippen LogP contribution in [0.3, 0.4) is 0 Å². The van der Waals surface area contributed by atoms with Gasteiger partial charge in [-0.1, -0.05) is 313 Å². The minimum Gasteiger partial charge on any atom is -0.466 e. The lowest BCUT2D eigenvalue weighted by molar-refractivity contribution is -0.143. The Morgan fingerprint density at radius 2 is 0.671 bits per heavy atom. The summed E-state index contributed by atoms with van der Waals surface area (Å²) >= 11 is 0. The van der Waals surface area contributed by atoms with E-state index in [1.807, 2.05) is 6.08 Å². The van der Waals surface area contributed by atoms with Crippen LogP contribution >= 0.6 is 0 Å². The normalized spacial score (nSPS) is 12.8. The number of carbonyl (C=O) groups is 2. The molecule has 3 N–H and O–H groups in total. The Morgan fingerprint density at radius 1 is 0.368 bits per heavy atom. The SMILES string of the molecule is CCCC/C=C\C/C=C\CCCCCCCC(=O)OCCCCCCCCCCCCCC/C=C\CCCCCCCCCCCC(=O)NC(CO)C(O)/C=C/CCCCCCCCCCCCCCCCCCCC. The smallest absolute Gasteiger partial charge is 0.305 e. The topological polar surface area (TPSA) is 95.9 Å². The number of ether oxygens (including phenoxy) is 1. The summed E-state index contributed by atoms with van der Waals surface area (Å²) in [7, 11) is 0. The van der Waals surface area contributed by atoms with Crippen molar-refractivity contribution in [3.05, 3.63) is 48.6 Å². The molecule has 0 aliphatic heterocycles. The number of rotatable bonds is 63. The third kappa shape index (κ3) is 61.0. The zero-order valence-electron chi connectivity index (χ0n) is 51.0. The highest BCUT2D eigenvalue weighted by molar-refractivity contribution is 5.76. The summed E-state index contributed by atoms with van der Waals surface area (Å²) in [6, 6.07) is -0.632. The van der Waals surface area contributed by atoms with E-state index in [1.165, 1.54) is 283 Å². The number of carbonyl (C=O) groups excluding carboxylic acids is 2. The number of allylic oxidation sites excluding steroid dienone is 7. The Labute approximate surface area is 474 Å². The average molecular weight is 1070 g/mol. The number of amides is 1. The Kier molecular flexibility index (Phi) is 63.5. The van der Waals surface area contributed by atoms with Gasteiger partial charge in [-0.2, -0.15) is 0 Å². The molecule has 0 heterocycles. The first kappa shape index (κ1) is 73.8. The molecule has 0 aromatic rings. The van der Waals surface area contributed by atoms with E-state index in [0.717, 1.165) is 51.4 Å². The minimum absolute atomic E-state index is 0.00163. The molecule has 1 amide bonds. The van der Waals surface area contributed by atoms with Crippen LogP contribution in [0, 0.1) is 0 Å². The van der Waals surface area contributed by atoms with Crippen molar-refractivity contribution < 1.29 is 24.5 Å². The lowest BCUT2D eigenvalue weighted by Gasteiger charge is -2.20. The highest BCUT2D eigenvalue weighted by atomic mass is 16.5. The van der Waals surface area contributed by atoms with E-state index >= 15 is 0 Å². The van der Waals surface area contributed by atoms with E-state index in [1.54, 1.807) is 6.08 Å². The molecule has 0 aromatic carbocycles. The molecule has 2 unspecified atom stereocenters. The van der Waals surface area contributed by atoms with Crippen LogP contribution < -0.4 is 5.32 Å². The third-order valence-electron chi connectivity index (χ3n) is 15.6. The molecule has 6 nitrogen and oxygen atoms in total. The van der Waals surface area contributed by atoms with Crippen molar-refractivity contribution in [1.82, 2.24) is 5.32 Å². The Morgan fingerprint density at radius 3 is 1.05 bits per heavy atom. The molecule has 0 fully saturated rings. The number of unbranched alkanes of at least 4 members (excludes halogenated alkanes) is 46. The second-order valence-corrected chi connectivity index (χ2v) is 23.1. The van der Waals surface area contributed by atoms with E-state index in [2.05, 4.69) is 55.6 Å². The summed E-state index contributed by atoms with van der Waals surface area (Å²) in [4.78, 5) is 24.6. The first-order valence-electron chi connectivity index (χ1n) is 33.9. The molecule has 0 bridgehead atoms. The highest BCUT2D eigenvalue weighted by Gasteiger charge is 2.18. The minimum atomic E-state index is -0.848. The van der Waals surface area contributed by atoms with Crippen LogP contribution in [0.15, 0.2) is 48.6 Å². The van der Waals surface area contributed by atoms with Crippen molar-refractivity contribution in [2.24, 2.45) is 0 Å². The van der Waals surface area contributed by atoms with Crippen molar-refractivity contribution in [2.75, 3.05) is 13.2 Å². The predicted octanol–water partition coefficient (Wildman–Crippen LogP) is 21.7. The van der Waals surface area contributed by atoms with E-state index < -0.39 is 12.1 Å². The molecule has 0 aliphatic carbocycles. The van der Waals surface area contributed by atoms with Gasteiger partial charge in [0.2, 0.25) is 5.91 Å². The van der Waals surface area contributed by atoms with Crippen LogP contribution in [0.25, 0.3) is 0 Å². The lowest BCUT2D eigenvalue weighted by Crippen LogP contribution is -2.45. The van der Waals surface area contributed by atoms with Gasteiger partial charge in [0.25, 0.3) is 0 Å². The van der Waals surface area contributed by atoms with Gasteiger partial charge in [0, 0.05) is 12.8 Å². The summed E-state index contributed by atoms with van der Waals surface area (Å²) in [5.74, 6) is -0.0702. The number of esters is 1. The fourth-order valence-corrected chi connectivity index (χ4v) is 10.4. The van der Waals surface area contributed by atoms with Gasteiger partial charge in [-0.15, -0.1) is 0 Å². The van der Waals surface area contributed by atoms with Crippen LogP contribution in [0.1, 0.15) is 361 Å². The molecule has 0 aliphatic rings. The Bertz CT molecular complexity index is 1270. The van der Waals surface area contributed by atoms with E-state index in [9.17, 15) is 19.8 Å². The molecule has 0 aromatic heterocycles. The van der Waals surface area contributed by atoms with Crippen molar-refractivity contribution in [2.45, 2.75) is 373 Å². The maximum Gasteiger partial charge on any atom is 0.305 e. The van der Waals surface area contributed by atoms with Gasteiger partial charge in [-0.25, -0.2) is 0 Å². The molecule has 76 heavy (non-hydrogen) atoms. The Hall–Kier alpha value is -2.18. The highest BCUT2D eigenvalue weighted by Crippen LogP contribution is 2.18. The molecular weight excluding hydrogens is 935 g/mol. The fraction of sp³-hybridized carbons (Fsp3) is 0.857. The van der Waals surface area contributed by atoms with Crippen LogP contribution in [-0.4, -0.2) is 47.4 Å². The number of aliphatic hydroxyl groups is 2. The lowest BCUT2D eigenvalue weighted by atomic mass is 10.0. The number of hydrogen-bond acceptors (Lipinski definition) is 5. The second kappa shape index (κ2) is 65.3. The number of nitrogens with one attached hydrogen (secondary N) is 1. The van der Waals surface area contributed by atoms with E-state index in [-0.39, 0.29) is 18.5 Å². The summed E-state index contributed by atoms with van der Waals surface area (Å²) in [5.41, 5.74) is 0. The number of aliphatic hydroxyl groups excluding tert-OH is 2. The van der Waals surface area contributed by atoms with Gasteiger partial charge in [-0.3, -0.25) is 9.59 Å². The van der Waals surface area contributed by atoms with Crippen molar-refractivity contribution >= 4 is 11.9 Å². The van der Waals surface area contributed by atoms with Crippen molar-refractivity contribution in [1.29, 1.82) is 0 Å². The monoisotopic (exact) mass is 1070 g/mol. The van der Waals surface area contributed by atoms with Gasteiger partial charge in [0.05, 0.1) is 25.4 Å². The maximum absolute atomic E-state index is 12.5. The zero-order valence-corrected chi connectivity index (χ0v) is 51.0. The molecule has 0 saturated heterocycles. The summed E-state index contributed by atoms with van der Waals surface area (Å²) < 4.78 is 5.48. The fourth-order valence-electron chi connectivity index (χ4n) is 10.4. The molecule has 446 valence electrons. The molecule has 0 spiro atoms. The standard InChI is InChI=1S/C70H131NO5/c1-3-5-7-9-11-13-15-17-19-20-21-29-32-35-38-42-46-50-54-58-62-68(73)67(66-72)71-69(74)63-59-55-51-47-43-39-36-33-30-27-25-23-22-24-26-28-31-34-37-41-45-49-53-57-61-65-76-70(75)64-60-56-52-48-44-40-18-16-14-12-10-8-6-4-2/h10,12,16,18,23,25,58,62,67-68,72-73H,3-9,11,13-15,17,19-22,24,26-57,59-61,63-66H2,1-2H3,(H,71,74)/b12-10-,18-16-,25-23-,62-58+. The summed E-state index contributed by atoms with van der Waals surface area (Å²) in [5, 5.41) is 23.2. The van der Waals surface area contributed by atoms with Crippen LogP contribution in [-0.2, 0) is 14.3 Å². The molecule has 0 rings (SSSR count). The van der Waals surface area contributed by atoms with E-state index in [4.69, 9.17) is 4.74 Å². The van der Waals surface area contributed by atoms with Gasteiger partial charge in [0.1, 0.15) is 0 Å². The van der Waals surface area contributed by atoms with Gasteiger partial charge in [-0.05, 0) is 83.5 Å². The second-order valence-electron chi connectivity index (χ2n) is 23.1. The van der Waals surface area contributed by atoms with Crippen molar-refractivity contribution in [3.63, 3.8) is 0 Å². The largest absolute Gasteiger partial charge is 0.466 e. The summed E-state index contributed by atoms with van der Waals surface area (Å²) in [6.45, 7) is 4.88. The van der Waals surface area contributed by atoms with E-state index in [0.29, 0.717) is 19.4 Å². The molecule has 2 atom stereocenters. The molecular formula is C70H131NO5. The quantitative estimate of drug-likeness (QED) is 0.0320. The molecule has 0 saturated carbocycles. The molecule has 0 radical (unpaired) electrons. The van der Waals surface area contributed by atoms with Crippen molar-refractivity contribution in [3.8, 4) is 0 Å². The maximum atomic E-state index is 12.5. The van der Waals surface area contributed by atoms with Gasteiger partial charge >= 0.3 is 5.97 Å². The Balaban J connectivity index is 3.43. The third-order valence-corrected chi connectivity index (χ3v) is 15.6. The van der Waals surface area contributed by atoms with Crippen LogP contribution in [0.5, 0.6) is 0 Å². The zero-order chi connectivity index (χ0) is 55.0. The molecule has 6 heteroatoms.